The average molecular weight is 419 g/mol. The second kappa shape index (κ2) is 9.78. The molecule has 0 aliphatic heterocycles. The van der Waals surface area contributed by atoms with Crippen molar-refractivity contribution in [2.45, 2.75) is 45.6 Å². The van der Waals surface area contributed by atoms with E-state index in [4.69, 9.17) is 4.74 Å². The van der Waals surface area contributed by atoms with Gasteiger partial charge in [0.05, 0.1) is 12.9 Å². The number of carbonyl (C=O) groups excluding carboxylic acids is 1. The van der Waals surface area contributed by atoms with Crippen molar-refractivity contribution < 1.29 is 17.9 Å². The van der Waals surface area contributed by atoms with E-state index in [1.807, 2.05) is 18.2 Å². The highest BCUT2D eigenvalue weighted by Gasteiger charge is 2.13. The fourth-order valence-corrected chi connectivity index (χ4v) is 3.28. The molecule has 2 rings (SSSR count). The van der Waals surface area contributed by atoms with Gasteiger partial charge in [0.25, 0.3) is 0 Å². The molecule has 0 aliphatic carbocycles. The van der Waals surface area contributed by atoms with Crippen molar-refractivity contribution in [2.24, 2.45) is 0 Å². The van der Waals surface area contributed by atoms with Gasteiger partial charge in [-0.2, -0.15) is 0 Å². The lowest BCUT2D eigenvalue weighted by molar-refractivity contribution is -0.121. The molecule has 0 spiro atoms. The van der Waals surface area contributed by atoms with Crippen LogP contribution in [0.25, 0.3) is 0 Å². The smallest absolute Gasteiger partial charge is 0.229 e. The molecule has 0 saturated carbocycles. The van der Waals surface area contributed by atoms with Crippen LogP contribution in [0.2, 0.25) is 0 Å². The zero-order valence-corrected chi connectivity index (χ0v) is 18.3. The predicted octanol–water partition coefficient (Wildman–Crippen LogP) is 3.83. The van der Waals surface area contributed by atoms with Crippen molar-refractivity contribution >= 4 is 21.6 Å². The summed E-state index contributed by atoms with van der Waals surface area (Å²) in [6.07, 6.45) is 2.08. The largest absolute Gasteiger partial charge is 0.494 e. The fourth-order valence-electron chi connectivity index (χ4n) is 2.72. The number of carbonyl (C=O) groups is 1. The van der Waals surface area contributed by atoms with Crippen LogP contribution < -0.4 is 14.8 Å². The second-order valence-electron chi connectivity index (χ2n) is 8.08. The summed E-state index contributed by atoms with van der Waals surface area (Å²) in [5, 5.41) is 2.84. The van der Waals surface area contributed by atoms with Crippen LogP contribution in [0.15, 0.2) is 48.5 Å². The lowest BCUT2D eigenvalue weighted by Crippen LogP contribution is -2.23. The minimum atomic E-state index is -3.32. The summed E-state index contributed by atoms with van der Waals surface area (Å²) in [6, 6.07) is 15.0. The number of amides is 1. The van der Waals surface area contributed by atoms with Gasteiger partial charge in [-0.05, 0) is 47.2 Å². The van der Waals surface area contributed by atoms with E-state index in [-0.39, 0.29) is 11.3 Å². The Morgan fingerprint density at radius 2 is 1.76 bits per heavy atom. The molecule has 29 heavy (non-hydrogen) atoms. The van der Waals surface area contributed by atoms with Crippen molar-refractivity contribution in [3.05, 3.63) is 59.7 Å². The first-order valence-electron chi connectivity index (χ1n) is 9.60. The number of rotatable bonds is 9. The highest BCUT2D eigenvalue weighted by molar-refractivity contribution is 7.92. The summed E-state index contributed by atoms with van der Waals surface area (Å²) in [7, 11) is -3.32. The molecule has 158 valence electrons. The van der Waals surface area contributed by atoms with Gasteiger partial charge >= 0.3 is 0 Å². The number of nitrogens with one attached hydrogen (secondary N) is 2. The minimum absolute atomic E-state index is 0.0712. The Balaban J connectivity index is 1.71. The molecule has 0 heterocycles. The van der Waals surface area contributed by atoms with E-state index >= 15 is 0 Å². The lowest BCUT2D eigenvalue weighted by atomic mass is 9.87. The molecule has 0 aliphatic rings. The molecule has 0 aromatic heterocycles. The molecule has 6 nitrogen and oxygen atoms in total. The molecule has 0 fully saturated rings. The quantitative estimate of drug-likeness (QED) is 0.606. The molecule has 2 aromatic carbocycles. The fraction of sp³-hybridized carbons (Fsp3) is 0.409. The van der Waals surface area contributed by atoms with Crippen LogP contribution in [0.1, 0.15) is 44.7 Å². The van der Waals surface area contributed by atoms with Gasteiger partial charge in [0.2, 0.25) is 15.9 Å². The Labute approximate surface area is 173 Å². The Kier molecular flexibility index (Phi) is 7.67. The number of ether oxygens (including phenoxy) is 1. The van der Waals surface area contributed by atoms with Crippen molar-refractivity contribution in [1.29, 1.82) is 0 Å². The third kappa shape index (κ3) is 8.56. The van der Waals surface area contributed by atoms with E-state index in [1.54, 1.807) is 18.2 Å². The Hall–Kier alpha value is -2.54. The Bertz CT molecular complexity index is 917. The summed E-state index contributed by atoms with van der Waals surface area (Å²) in [5.41, 5.74) is 2.66. The maximum atomic E-state index is 12.0. The molecule has 7 heteroatoms. The first kappa shape index (κ1) is 22.7. The molecular weight excluding hydrogens is 388 g/mol. The van der Waals surface area contributed by atoms with Crippen LogP contribution >= 0.6 is 0 Å². The van der Waals surface area contributed by atoms with Crippen molar-refractivity contribution in [3.63, 3.8) is 0 Å². The first-order chi connectivity index (χ1) is 13.5. The summed E-state index contributed by atoms with van der Waals surface area (Å²) in [5.74, 6) is 0.728. The average Bonchev–Trinajstić information content (AvgIpc) is 2.62. The third-order valence-corrected chi connectivity index (χ3v) is 4.86. The van der Waals surface area contributed by atoms with E-state index in [0.29, 0.717) is 31.7 Å². The van der Waals surface area contributed by atoms with E-state index in [2.05, 4.69) is 42.9 Å². The first-order valence-corrected chi connectivity index (χ1v) is 11.5. The highest BCUT2D eigenvalue weighted by Crippen LogP contribution is 2.24. The van der Waals surface area contributed by atoms with E-state index in [1.165, 1.54) is 5.56 Å². The van der Waals surface area contributed by atoms with Crippen LogP contribution in [0, 0.1) is 0 Å². The minimum Gasteiger partial charge on any atom is -0.494 e. The molecule has 1 amide bonds. The van der Waals surface area contributed by atoms with Gasteiger partial charge in [0.15, 0.2) is 0 Å². The summed E-state index contributed by atoms with van der Waals surface area (Å²) in [6.45, 7) is 7.31. The summed E-state index contributed by atoms with van der Waals surface area (Å²) in [4.78, 5) is 12.0. The Morgan fingerprint density at radius 1 is 1.07 bits per heavy atom. The number of hydrogen-bond donors (Lipinski definition) is 2. The van der Waals surface area contributed by atoms with E-state index < -0.39 is 10.0 Å². The maximum Gasteiger partial charge on any atom is 0.229 e. The van der Waals surface area contributed by atoms with Crippen molar-refractivity contribution in [3.8, 4) is 5.75 Å². The number of sulfonamides is 1. The number of anilines is 1. The van der Waals surface area contributed by atoms with Gasteiger partial charge in [-0.15, -0.1) is 0 Å². The van der Waals surface area contributed by atoms with Crippen LogP contribution in [0.4, 0.5) is 5.69 Å². The van der Waals surface area contributed by atoms with Gasteiger partial charge in [0.1, 0.15) is 5.75 Å². The van der Waals surface area contributed by atoms with Crippen LogP contribution in [0.3, 0.4) is 0 Å². The van der Waals surface area contributed by atoms with Crippen LogP contribution in [-0.4, -0.2) is 27.2 Å². The molecule has 0 saturated heterocycles. The third-order valence-electron chi connectivity index (χ3n) is 4.26. The molecule has 0 atom stereocenters. The Morgan fingerprint density at radius 3 is 2.38 bits per heavy atom. The highest BCUT2D eigenvalue weighted by atomic mass is 32.2. The van der Waals surface area contributed by atoms with Crippen molar-refractivity contribution in [1.82, 2.24) is 5.32 Å². The molecular formula is C22H30N2O4S. The normalized spacial score (nSPS) is 11.7. The van der Waals surface area contributed by atoms with Gasteiger partial charge in [-0.1, -0.05) is 45.0 Å². The standard InChI is InChI=1S/C22H30N2O4S/c1-22(2,3)18-10-12-20(13-11-18)28-14-6-9-21(25)23-16-17-7-5-8-19(15-17)24-29(4,26)27/h5,7-8,10-13,15,24H,6,9,14,16H2,1-4H3,(H,23,25). The maximum absolute atomic E-state index is 12.0. The predicted molar refractivity (Wildman–Crippen MR) is 117 cm³/mol. The number of benzene rings is 2. The van der Waals surface area contributed by atoms with Gasteiger partial charge in [-0.25, -0.2) is 8.42 Å². The molecule has 2 N–H and O–H groups in total. The van der Waals surface area contributed by atoms with Crippen molar-refractivity contribution in [2.75, 3.05) is 17.6 Å². The number of hydrogen-bond acceptors (Lipinski definition) is 4. The van der Waals surface area contributed by atoms with Gasteiger partial charge in [-0.3, -0.25) is 9.52 Å². The zero-order chi connectivity index (χ0) is 21.5. The monoisotopic (exact) mass is 418 g/mol. The van der Waals surface area contributed by atoms with Crippen LogP contribution in [0.5, 0.6) is 5.75 Å². The SMILES string of the molecule is CC(C)(C)c1ccc(OCCCC(=O)NCc2cccc(NS(C)(=O)=O)c2)cc1. The summed E-state index contributed by atoms with van der Waals surface area (Å²) >= 11 is 0. The van der Waals surface area contributed by atoms with E-state index in [0.717, 1.165) is 17.6 Å². The molecule has 2 aromatic rings. The molecule has 0 unspecified atom stereocenters. The lowest BCUT2D eigenvalue weighted by Gasteiger charge is -2.19. The van der Waals surface area contributed by atoms with Gasteiger partial charge in [0, 0.05) is 18.7 Å². The zero-order valence-electron chi connectivity index (χ0n) is 17.5. The summed E-state index contributed by atoms with van der Waals surface area (Å²) < 4.78 is 30.7. The van der Waals surface area contributed by atoms with Crippen LogP contribution in [-0.2, 0) is 26.8 Å². The topological polar surface area (TPSA) is 84.5 Å². The second-order valence-corrected chi connectivity index (χ2v) is 9.83. The molecule has 0 radical (unpaired) electrons. The molecule has 0 bridgehead atoms. The van der Waals surface area contributed by atoms with E-state index in [9.17, 15) is 13.2 Å². The van der Waals surface area contributed by atoms with Gasteiger partial charge < -0.3 is 10.1 Å².